The summed E-state index contributed by atoms with van der Waals surface area (Å²) in [5.74, 6) is -1.28. The lowest BCUT2D eigenvalue weighted by atomic mass is 9.96. The highest BCUT2D eigenvalue weighted by Crippen LogP contribution is 2.21. The number of carbonyl (C=O) groups excluding carboxylic acids is 1. The van der Waals surface area contributed by atoms with E-state index in [1.165, 1.54) is 0 Å². The first-order valence-electron chi connectivity index (χ1n) is 6.59. The van der Waals surface area contributed by atoms with Crippen molar-refractivity contribution in [3.8, 4) is 0 Å². The number of hydrogen-bond donors (Lipinski definition) is 1. The second-order valence-corrected chi connectivity index (χ2v) is 5.18. The Morgan fingerprint density at radius 1 is 1.32 bits per heavy atom. The van der Waals surface area contributed by atoms with Crippen molar-refractivity contribution in [2.45, 2.75) is 26.7 Å². The fraction of sp³-hybridized carbons (Fsp3) is 0.467. The number of aryl methyl sites for hydroxylation is 1. The second kappa shape index (κ2) is 5.43. The van der Waals surface area contributed by atoms with E-state index in [-0.39, 0.29) is 5.91 Å². The summed E-state index contributed by atoms with van der Waals surface area (Å²) in [6.45, 7) is 4.88. The first-order chi connectivity index (χ1) is 9.00. The molecule has 102 valence electrons. The Hall–Kier alpha value is -1.84. The normalized spacial score (nSPS) is 19.3. The standard InChI is InChI=1S/C15H19NO3/c1-10-5-3-7-13(11(10)2)14(17)16-8-4-6-12(9-16)15(18)19/h3,5,7,12H,4,6,8-9H2,1-2H3,(H,18,19)/t12-/m0/s1. The number of carboxylic acid groups (broad SMARTS) is 1. The van der Waals surface area contributed by atoms with Gasteiger partial charge in [-0.3, -0.25) is 9.59 Å². The highest BCUT2D eigenvalue weighted by atomic mass is 16.4. The number of benzene rings is 1. The molecule has 1 aromatic rings. The van der Waals surface area contributed by atoms with Gasteiger partial charge >= 0.3 is 5.97 Å². The number of likely N-dealkylation sites (tertiary alicyclic amines) is 1. The fourth-order valence-electron chi connectivity index (χ4n) is 2.52. The summed E-state index contributed by atoms with van der Waals surface area (Å²) in [7, 11) is 0. The minimum absolute atomic E-state index is 0.0489. The van der Waals surface area contributed by atoms with Gasteiger partial charge in [-0.25, -0.2) is 0 Å². The number of carboxylic acids is 1. The van der Waals surface area contributed by atoms with Gasteiger partial charge in [0, 0.05) is 18.7 Å². The van der Waals surface area contributed by atoms with E-state index < -0.39 is 11.9 Å². The zero-order valence-corrected chi connectivity index (χ0v) is 11.3. The van der Waals surface area contributed by atoms with E-state index in [1.807, 2.05) is 32.0 Å². The number of hydrogen-bond acceptors (Lipinski definition) is 2. The van der Waals surface area contributed by atoms with Crippen molar-refractivity contribution >= 4 is 11.9 Å². The van der Waals surface area contributed by atoms with Gasteiger partial charge in [-0.2, -0.15) is 0 Å². The molecule has 1 aliphatic rings. The second-order valence-electron chi connectivity index (χ2n) is 5.18. The van der Waals surface area contributed by atoms with Crippen LogP contribution >= 0.6 is 0 Å². The average molecular weight is 261 g/mol. The van der Waals surface area contributed by atoms with Crippen molar-refractivity contribution in [3.05, 3.63) is 34.9 Å². The molecule has 0 radical (unpaired) electrons. The maximum atomic E-state index is 12.5. The van der Waals surface area contributed by atoms with Gasteiger partial charge in [0.1, 0.15) is 0 Å². The molecule has 0 spiro atoms. The SMILES string of the molecule is Cc1cccc(C(=O)N2CCC[C@H](C(=O)O)C2)c1C. The van der Waals surface area contributed by atoms with Crippen LogP contribution in [0.15, 0.2) is 18.2 Å². The van der Waals surface area contributed by atoms with Crippen molar-refractivity contribution in [2.75, 3.05) is 13.1 Å². The van der Waals surface area contributed by atoms with Gasteiger partial charge in [0.15, 0.2) is 0 Å². The van der Waals surface area contributed by atoms with Gasteiger partial charge < -0.3 is 10.0 Å². The minimum Gasteiger partial charge on any atom is -0.481 e. The van der Waals surface area contributed by atoms with E-state index in [4.69, 9.17) is 5.11 Å². The highest BCUT2D eigenvalue weighted by molar-refractivity contribution is 5.96. The molecular weight excluding hydrogens is 242 g/mol. The molecule has 0 aliphatic carbocycles. The lowest BCUT2D eigenvalue weighted by Crippen LogP contribution is -2.42. The monoisotopic (exact) mass is 261 g/mol. The molecule has 1 fully saturated rings. The summed E-state index contributed by atoms with van der Waals surface area (Å²) in [6.07, 6.45) is 1.42. The zero-order valence-electron chi connectivity index (χ0n) is 11.3. The van der Waals surface area contributed by atoms with Crippen LogP contribution in [0.4, 0.5) is 0 Å². The molecule has 4 heteroatoms. The summed E-state index contributed by atoms with van der Waals surface area (Å²) in [5.41, 5.74) is 2.74. The van der Waals surface area contributed by atoms with Gasteiger partial charge in [0.25, 0.3) is 5.91 Å². The largest absolute Gasteiger partial charge is 0.481 e. The summed E-state index contributed by atoms with van der Waals surface area (Å²) in [4.78, 5) is 25.2. The van der Waals surface area contributed by atoms with Crippen LogP contribution in [0.2, 0.25) is 0 Å². The Bertz CT molecular complexity index is 510. The molecule has 2 rings (SSSR count). The van der Waals surface area contributed by atoms with Gasteiger partial charge in [0.05, 0.1) is 5.92 Å². The lowest BCUT2D eigenvalue weighted by molar-refractivity contribution is -0.143. The molecule has 1 aromatic carbocycles. The topological polar surface area (TPSA) is 57.6 Å². The van der Waals surface area contributed by atoms with Crippen LogP contribution in [-0.2, 0) is 4.79 Å². The molecule has 1 N–H and O–H groups in total. The van der Waals surface area contributed by atoms with Crippen molar-refractivity contribution in [3.63, 3.8) is 0 Å². The van der Waals surface area contributed by atoms with Crippen molar-refractivity contribution in [1.82, 2.24) is 4.90 Å². The average Bonchev–Trinajstić information content (AvgIpc) is 2.41. The van der Waals surface area contributed by atoms with Crippen molar-refractivity contribution in [1.29, 1.82) is 0 Å². The zero-order chi connectivity index (χ0) is 14.0. The van der Waals surface area contributed by atoms with Gasteiger partial charge in [-0.15, -0.1) is 0 Å². The van der Waals surface area contributed by atoms with Gasteiger partial charge in [-0.05, 0) is 43.9 Å². The Morgan fingerprint density at radius 3 is 2.74 bits per heavy atom. The van der Waals surface area contributed by atoms with Crippen LogP contribution in [0, 0.1) is 19.8 Å². The van der Waals surface area contributed by atoms with E-state index in [0.29, 0.717) is 25.1 Å². The number of piperidine rings is 1. The smallest absolute Gasteiger partial charge is 0.308 e. The Labute approximate surface area is 113 Å². The molecule has 4 nitrogen and oxygen atoms in total. The first-order valence-corrected chi connectivity index (χ1v) is 6.59. The molecule has 0 unspecified atom stereocenters. The molecule has 1 atom stereocenters. The third-order valence-electron chi connectivity index (χ3n) is 3.89. The molecule has 1 aliphatic heterocycles. The molecule has 1 saturated heterocycles. The Kier molecular flexibility index (Phi) is 3.88. The number of carbonyl (C=O) groups is 2. The lowest BCUT2D eigenvalue weighted by Gasteiger charge is -2.31. The number of rotatable bonds is 2. The van der Waals surface area contributed by atoms with E-state index in [2.05, 4.69) is 0 Å². The van der Waals surface area contributed by atoms with Crippen molar-refractivity contribution < 1.29 is 14.7 Å². The molecule has 0 aromatic heterocycles. The van der Waals surface area contributed by atoms with E-state index in [0.717, 1.165) is 17.5 Å². The van der Waals surface area contributed by atoms with Crippen LogP contribution in [0.25, 0.3) is 0 Å². The van der Waals surface area contributed by atoms with Gasteiger partial charge in [-0.1, -0.05) is 12.1 Å². The van der Waals surface area contributed by atoms with Crippen LogP contribution in [0.3, 0.4) is 0 Å². The molecule has 1 amide bonds. The first kappa shape index (κ1) is 13.6. The Morgan fingerprint density at radius 2 is 2.05 bits per heavy atom. The predicted molar refractivity (Wildman–Crippen MR) is 72.2 cm³/mol. The molecule has 1 heterocycles. The highest BCUT2D eigenvalue weighted by Gasteiger charge is 2.29. The molecule has 19 heavy (non-hydrogen) atoms. The van der Waals surface area contributed by atoms with E-state index >= 15 is 0 Å². The minimum atomic E-state index is -0.807. The van der Waals surface area contributed by atoms with Crippen LogP contribution < -0.4 is 0 Å². The summed E-state index contributed by atoms with van der Waals surface area (Å²) in [5, 5.41) is 9.07. The summed E-state index contributed by atoms with van der Waals surface area (Å²) < 4.78 is 0. The third kappa shape index (κ3) is 2.78. The van der Waals surface area contributed by atoms with E-state index in [1.54, 1.807) is 4.90 Å². The molecule has 0 saturated carbocycles. The summed E-state index contributed by atoms with van der Waals surface area (Å²) >= 11 is 0. The Balaban J connectivity index is 2.19. The van der Waals surface area contributed by atoms with Crippen LogP contribution in [0.1, 0.15) is 34.3 Å². The molecular formula is C15H19NO3. The quantitative estimate of drug-likeness (QED) is 0.888. The van der Waals surface area contributed by atoms with Crippen LogP contribution in [-0.4, -0.2) is 35.0 Å². The number of nitrogens with zero attached hydrogens (tertiary/aromatic N) is 1. The summed E-state index contributed by atoms with van der Waals surface area (Å²) in [6, 6.07) is 5.66. The van der Waals surface area contributed by atoms with Gasteiger partial charge in [0.2, 0.25) is 0 Å². The number of amides is 1. The maximum absolute atomic E-state index is 12.5. The van der Waals surface area contributed by atoms with Crippen molar-refractivity contribution in [2.24, 2.45) is 5.92 Å². The third-order valence-corrected chi connectivity index (χ3v) is 3.89. The van der Waals surface area contributed by atoms with E-state index in [9.17, 15) is 9.59 Å². The molecule has 0 bridgehead atoms. The predicted octanol–water partition coefficient (Wildman–Crippen LogP) is 2.24. The fourth-order valence-corrected chi connectivity index (χ4v) is 2.52. The number of aliphatic carboxylic acids is 1. The maximum Gasteiger partial charge on any atom is 0.308 e. The van der Waals surface area contributed by atoms with Crippen LogP contribution in [0.5, 0.6) is 0 Å².